The number of hydrogen-bond acceptors (Lipinski definition) is 2. The summed E-state index contributed by atoms with van der Waals surface area (Å²) < 4.78 is 0. The fourth-order valence-corrected chi connectivity index (χ4v) is 1.11. The Hall–Kier alpha value is -0.0800. The van der Waals surface area contributed by atoms with Crippen molar-refractivity contribution >= 4 is 0 Å². The van der Waals surface area contributed by atoms with Crippen molar-refractivity contribution in [1.82, 2.24) is 10.2 Å². The second kappa shape index (κ2) is 2.46. The van der Waals surface area contributed by atoms with Crippen molar-refractivity contribution in [3.8, 4) is 0 Å². The van der Waals surface area contributed by atoms with E-state index in [1.165, 1.54) is 19.4 Å². The van der Waals surface area contributed by atoms with Crippen molar-refractivity contribution in [2.45, 2.75) is 19.0 Å². The van der Waals surface area contributed by atoms with E-state index in [0.717, 1.165) is 0 Å². The highest BCUT2D eigenvalue weighted by molar-refractivity contribution is 4.70. The van der Waals surface area contributed by atoms with Gasteiger partial charge in [-0.05, 0) is 33.5 Å². The summed E-state index contributed by atoms with van der Waals surface area (Å²) in [6.45, 7) is 1.20. The minimum Gasteiger partial charge on any atom is -0.302 e. The molecular formula is C6H14N2. The second-order valence-electron chi connectivity index (χ2n) is 2.58. The van der Waals surface area contributed by atoms with Gasteiger partial charge in [0.2, 0.25) is 0 Å². The van der Waals surface area contributed by atoms with Crippen LogP contribution in [0.15, 0.2) is 0 Å². The predicted octanol–water partition coefficient (Wildman–Crippen LogP) is 0.257. The molecule has 0 amide bonds. The summed E-state index contributed by atoms with van der Waals surface area (Å²) in [6, 6.07) is 0. The molecule has 1 heterocycles. The highest BCUT2D eigenvalue weighted by atomic mass is 15.2. The van der Waals surface area contributed by atoms with Crippen LogP contribution in [0.3, 0.4) is 0 Å². The summed E-state index contributed by atoms with van der Waals surface area (Å²) in [5.41, 5.74) is 0. The van der Waals surface area contributed by atoms with Crippen LogP contribution in [0.25, 0.3) is 0 Å². The van der Waals surface area contributed by atoms with Crippen LogP contribution < -0.4 is 5.32 Å². The fraction of sp³-hybridized carbons (Fsp3) is 1.00. The van der Waals surface area contributed by atoms with Gasteiger partial charge in [0.25, 0.3) is 0 Å². The number of nitrogens with one attached hydrogen (secondary N) is 1. The first-order chi connectivity index (χ1) is 3.80. The van der Waals surface area contributed by atoms with Gasteiger partial charge in [-0.2, -0.15) is 0 Å². The zero-order valence-corrected chi connectivity index (χ0v) is 5.65. The van der Waals surface area contributed by atoms with E-state index in [4.69, 9.17) is 0 Å². The molecule has 1 aliphatic heterocycles. The van der Waals surface area contributed by atoms with Gasteiger partial charge in [-0.3, -0.25) is 4.90 Å². The van der Waals surface area contributed by atoms with Crippen LogP contribution in [0, 0.1) is 0 Å². The maximum Gasteiger partial charge on any atom is 0.0592 e. The lowest BCUT2D eigenvalue weighted by Crippen LogP contribution is -2.35. The van der Waals surface area contributed by atoms with Crippen LogP contribution in [0.5, 0.6) is 0 Å². The van der Waals surface area contributed by atoms with Crippen molar-refractivity contribution in [2.75, 3.05) is 20.6 Å². The summed E-state index contributed by atoms with van der Waals surface area (Å²) in [7, 11) is 4.23. The molecule has 0 aliphatic carbocycles. The molecular weight excluding hydrogens is 100 g/mol. The number of hydrogen-bond donors (Lipinski definition) is 1. The van der Waals surface area contributed by atoms with Crippen molar-refractivity contribution in [3.63, 3.8) is 0 Å². The molecule has 1 N–H and O–H groups in total. The van der Waals surface area contributed by atoms with Crippen LogP contribution in [0.1, 0.15) is 12.8 Å². The third kappa shape index (κ3) is 1.20. The molecule has 1 fully saturated rings. The maximum atomic E-state index is 3.38. The van der Waals surface area contributed by atoms with E-state index in [1.807, 2.05) is 0 Å². The van der Waals surface area contributed by atoms with Gasteiger partial charge < -0.3 is 5.32 Å². The molecule has 1 atom stereocenters. The lowest BCUT2D eigenvalue weighted by molar-refractivity contribution is 0.274. The van der Waals surface area contributed by atoms with Gasteiger partial charge in [-0.25, -0.2) is 0 Å². The predicted molar refractivity (Wildman–Crippen MR) is 34.7 cm³/mol. The van der Waals surface area contributed by atoms with E-state index in [9.17, 15) is 0 Å². The molecule has 1 saturated heterocycles. The number of rotatable bonds is 1. The Morgan fingerprint density at radius 3 is 2.50 bits per heavy atom. The van der Waals surface area contributed by atoms with Crippen molar-refractivity contribution in [2.24, 2.45) is 0 Å². The minimum absolute atomic E-state index is 0.648. The third-order valence-electron chi connectivity index (χ3n) is 1.66. The summed E-state index contributed by atoms with van der Waals surface area (Å²) in [4.78, 5) is 2.23. The molecule has 2 heteroatoms. The fourth-order valence-electron chi connectivity index (χ4n) is 1.11. The standard InChI is InChI=1S/C6H14N2/c1-8(2)6-4-3-5-7-6/h6-7H,3-5H2,1-2H3/t6-/m0/s1. The largest absolute Gasteiger partial charge is 0.302 e. The molecule has 48 valence electrons. The van der Waals surface area contributed by atoms with E-state index in [0.29, 0.717) is 6.17 Å². The molecule has 1 rings (SSSR count). The van der Waals surface area contributed by atoms with Gasteiger partial charge in [0.15, 0.2) is 0 Å². The Morgan fingerprint density at radius 1 is 1.50 bits per heavy atom. The van der Waals surface area contributed by atoms with Gasteiger partial charge >= 0.3 is 0 Å². The van der Waals surface area contributed by atoms with Crippen LogP contribution in [-0.2, 0) is 0 Å². The van der Waals surface area contributed by atoms with Crippen LogP contribution >= 0.6 is 0 Å². The Balaban J connectivity index is 2.24. The smallest absolute Gasteiger partial charge is 0.0592 e. The molecule has 2 nitrogen and oxygen atoms in total. The quantitative estimate of drug-likeness (QED) is 0.526. The topological polar surface area (TPSA) is 15.3 Å². The molecule has 8 heavy (non-hydrogen) atoms. The highest BCUT2D eigenvalue weighted by Crippen LogP contribution is 2.05. The van der Waals surface area contributed by atoms with Crippen molar-refractivity contribution < 1.29 is 0 Å². The first-order valence-corrected chi connectivity index (χ1v) is 3.20. The van der Waals surface area contributed by atoms with E-state index in [1.54, 1.807) is 0 Å². The summed E-state index contributed by atoms with van der Waals surface area (Å²) in [5.74, 6) is 0. The lowest BCUT2D eigenvalue weighted by Gasteiger charge is -2.17. The van der Waals surface area contributed by atoms with Gasteiger partial charge in [0.1, 0.15) is 0 Å². The molecule has 0 spiro atoms. The number of nitrogens with zero attached hydrogens (tertiary/aromatic N) is 1. The molecule has 0 bridgehead atoms. The Morgan fingerprint density at radius 2 is 2.25 bits per heavy atom. The maximum absolute atomic E-state index is 3.38. The van der Waals surface area contributed by atoms with E-state index < -0.39 is 0 Å². The van der Waals surface area contributed by atoms with Gasteiger partial charge in [0.05, 0.1) is 6.17 Å². The summed E-state index contributed by atoms with van der Waals surface area (Å²) >= 11 is 0. The van der Waals surface area contributed by atoms with Gasteiger partial charge in [-0.1, -0.05) is 0 Å². The summed E-state index contributed by atoms with van der Waals surface area (Å²) in [6.07, 6.45) is 3.30. The zero-order chi connectivity index (χ0) is 5.98. The second-order valence-corrected chi connectivity index (χ2v) is 2.58. The normalized spacial score (nSPS) is 29.6. The molecule has 0 aromatic carbocycles. The molecule has 0 radical (unpaired) electrons. The first kappa shape index (κ1) is 6.05. The third-order valence-corrected chi connectivity index (χ3v) is 1.66. The van der Waals surface area contributed by atoms with Crippen molar-refractivity contribution in [1.29, 1.82) is 0 Å². The zero-order valence-electron chi connectivity index (χ0n) is 5.65. The molecule has 0 unspecified atom stereocenters. The lowest BCUT2D eigenvalue weighted by atomic mass is 10.3. The Labute approximate surface area is 50.9 Å². The van der Waals surface area contributed by atoms with Crippen molar-refractivity contribution in [3.05, 3.63) is 0 Å². The SMILES string of the molecule is CN(C)[C@H]1CCCN1. The molecule has 1 aliphatic rings. The van der Waals surface area contributed by atoms with E-state index in [-0.39, 0.29) is 0 Å². The average Bonchev–Trinajstić information content (AvgIpc) is 2.12. The highest BCUT2D eigenvalue weighted by Gasteiger charge is 2.14. The molecule has 0 aromatic heterocycles. The minimum atomic E-state index is 0.648. The van der Waals surface area contributed by atoms with E-state index >= 15 is 0 Å². The van der Waals surface area contributed by atoms with Gasteiger partial charge in [-0.15, -0.1) is 0 Å². The Bertz CT molecular complexity index is 64.9. The average molecular weight is 114 g/mol. The Kier molecular flexibility index (Phi) is 1.86. The molecule has 0 saturated carbocycles. The summed E-state index contributed by atoms with van der Waals surface area (Å²) in [5, 5.41) is 3.38. The first-order valence-electron chi connectivity index (χ1n) is 3.20. The van der Waals surface area contributed by atoms with E-state index in [2.05, 4.69) is 24.3 Å². The monoisotopic (exact) mass is 114 g/mol. The van der Waals surface area contributed by atoms with Crippen LogP contribution in [0.4, 0.5) is 0 Å². The molecule has 0 aromatic rings. The van der Waals surface area contributed by atoms with Gasteiger partial charge in [0, 0.05) is 0 Å². The van der Waals surface area contributed by atoms with Crippen LogP contribution in [-0.4, -0.2) is 31.7 Å². The van der Waals surface area contributed by atoms with Crippen LogP contribution in [0.2, 0.25) is 0 Å².